The second-order valence-corrected chi connectivity index (χ2v) is 8.02. The smallest absolute Gasteiger partial charge is 0.247 e. The van der Waals surface area contributed by atoms with Gasteiger partial charge in [-0.2, -0.15) is 4.31 Å². The number of halogens is 2. The summed E-state index contributed by atoms with van der Waals surface area (Å²) in [5, 5.41) is 0. The SMILES string of the molecule is CN1CCCC(N(C)S(=O)(=O)c2cc(CCl)oc2Br)C1. The number of hydrogen-bond donors (Lipinski definition) is 0. The zero-order valence-corrected chi connectivity index (χ0v) is 14.6. The van der Waals surface area contributed by atoms with Crippen LogP contribution in [-0.2, 0) is 15.9 Å². The molecule has 1 aliphatic rings. The van der Waals surface area contributed by atoms with Crippen molar-refractivity contribution in [3.8, 4) is 0 Å². The largest absolute Gasteiger partial charge is 0.452 e. The van der Waals surface area contributed by atoms with E-state index >= 15 is 0 Å². The Morgan fingerprint density at radius 3 is 2.85 bits per heavy atom. The molecule has 0 saturated carbocycles. The maximum Gasteiger partial charge on any atom is 0.247 e. The molecule has 0 spiro atoms. The van der Waals surface area contributed by atoms with Gasteiger partial charge in [0, 0.05) is 25.7 Å². The molecule has 0 N–H and O–H groups in total. The summed E-state index contributed by atoms with van der Waals surface area (Å²) in [6, 6.07) is 1.47. The quantitative estimate of drug-likeness (QED) is 0.747. The first-order chi connectivity index (χ1) is 9.36. The summed E-state index contributed by atoms with van der Waals surface area (Å²) >= 11 is 8.84. The summed E-state index contributed by atoms with van der Waals surface area (Å²) in [7, 11) is 0.0553. The van der Waals surface area contributed by atoms with E-state index in [1.807, 2.05) is 7.05 Å². The number of rotatable bonds is 4. The molecule has 20 heavy (non-hydrogen) atoms. The maximum absolute atomic E-state index is 12.7. The minimum Gasteiger partial charge on any atom is -0.452 e. The van der Waals surface area contributed by atoms with Crippen molar-refractivity contribution in [3.63, 3.8) is 0 Å². The van der Waals surface area contributed by atoms with Gasteiger partial charge in [-0.3, -0.25) is 0 Å². The molecule has 0 amide bonds. The van der Waals surface area contributed by atoms with Gasteiger partial charge in [0.1, 0.15) is 10.7 Å². The summed E-state index contributed by atoms with van der Waals surface area (Å²) in [6.07, 6.45) is 1.87. The zero-order valence-electron chi connectivity index (χ0n) is 11.5. The minimum absolute atomic E-state index is 0.0139. The molecule has 2 rings (SSSR count). The molecule has 1 unspecified atom stereocenters. The Bertz CT molecular complexity index is 575. The number of likely N-dealkylation sites (tertiary alicyclic amines) is 1. The highest BCUT2D eigenvalue weighted by Gasteiger charge is 2.33. The van der Waals surface area contributed by atoms with Crippen molar-refractivity contribution >= 4 is 37.6 Å². The van der Waals surface area contributed by atoms with E-state index in [1.165, 1.54) is 10.4 Å². The van der Waals surface area contributed by atoms with E-state index in [9.17, 15) is 8.42 Å². The normalized spacial score (nSPS) is 21.6. The van der Waals surface area contributed by atoms with E-state index in [-0.39, 0.29) is 21.5 Å². The summed E-state index contributed by atoms with van der Waals surface area (Å²) in [5.41, 5.74) is 0. The number of sulfonamides is 1. The van der Waals surface area contributed by atoms with Crippen molar-refractivity contribution in [2.45, 2.75) is 29.7 Å². The Kier molecular flexibility index (Phi) is 5.18. The van der Waals surface area contributed by atoms with Gasteiger partial charge >= 0.3 is 0 Å². The van der Waals surface area contributed by atoms with Gasteiger partial charge in [-0.05, 0) is 42.4 Å². The molecule has 1 fully saturated rings. The second kappa shape index (κ2) is 6.36. The van der Waals surface area contributed by atoms with Crippen LogP contribution < -0.4 is 0 Å². The highest BCUT2D eigenvalue weighted by molar-refractivity contribution is 9.10. The van der Waals surface area contributed by atoms with Crippen molar-refractivity contribution < 1.29 is 12.8 Å². The lowest BCUT2D eigenvalue weighted by Crippen LogP contribution is -2.47. The highest BCUT2D eigenvalue weighted by Crippen LogP contribution is 2.30. The fourth-order valence-corrected chi connectivity index (χ4v) is 4.89. The van der Waals surface area contributed by atoms with Crippen molar-refractivity contribution in [1.82, 2.24) is 9.21 Å². The molecule has 0 bridgehead atoms. The molecule has 1 aromatic rings. The van der Waals surface area contributed by atoms with E-state index < -0.39 is 10.0 Å². The van der Waals surface area contributed by atoms with Crippen LogP contribution in [-0.4, -0.2) is 50.8 Å². The van der Waals surface area contributed by atoms with Gasteiger partial charge in [-0.15, -0.1) is 11.6 Å². The van der Waals surface area contributed by atoms with Crippen molar-refractivity contribution in [1.29, 1.82) is 0 Å². The third-order valence-corrected chi connectivity index (χ3v) is 6.64. The third kappa shape index (κ3) is 3.22. The Morgan fingerprint density at radius 1 is 1.60 bits per heavy atom. The Hall–Kier alpha value is -0.0800. The lowest BCUT2D eigenvalue weighted by molar-refractivity contribution is 0.187. The molecule has 1 aromatic heterocycles. The van der Waals surface area contributed by atoms with Crippen LogP contribution in [0.5, 0.6) is 0 Å². The van der Waals surface area contributed by atoms with Crippen LogP contribution in [0, 0.1) is 0 Å². The predicted molar refractivity (Wildman–Crippen MR) is 81.4 cm³/mol. The number of furan rings is 1. The summed E-state index contributed by atoms with van der Waals surface area (Å²) in [5.74, 6) is 0.579. The lowest BCUT2D eigenvalue weighted by Gasteiger charge is -2.34. The fourth-order valence-electron chi connectivity index (χ4n) is 2.43. The van der Waals surface area contributed by atoms with Crippen LogP contribution in [0.4, 0.5) is 0 Å². The van der Waals surface area contributed by atoms with E-state index in [0.29, 0.717) is 5.76 Å². The van der Waals surface area contributed by atoms with Crippen molar-refractivity contribution in [2.24, 2.45) is 0 Å². The van der Waals surface area contributed by atoms with E-state index in [2.05, 4.69) is 20.8 Å². The average molecular weight is 386 g/mol. The number of hydrogen-bond acceptors (Lipinski definition) is 4. The van der Waals surface area contributed by atoms with E-state index in [1.54, 1.807) is 7.05 Å². The molecule has 8 heteroatoms. The molecule has 1 saturated heterocycles. The van der Waals surface area contributed by atoms with Crippen LogP contribution in [0.15, 0.2) is 20.0 Å². The third-order valence-electron chi connectivity index (χ3n) is 3.61. The molecule has 0 aliphatic carbocycles. The van der Waals surface area contributed by atoms with E-state index in [4.69, 9.17) is 16.0 Å². The maximum atomic E-state index is 12.7. The summed E-state index contributed by atoms with van der Waals surface area (Å²) < 4.78 is 32.3. The van der Waals surface area contributed by atoms with Crippen molar-refractivity contribution in [3.05, 3.63) is 16.5 Å². The molecule has 5 nitrogen and oxygen atoms in total. The first kappa shape index (κ1) is 16.3. The van der Waals surface area contributed by atoms with Gasteiger partial charge in [-0.25, -0.2) is 8.42 Å². The number of nitrogens with zero attached hydrogens (tertiary/aromatic N) is 2. The van der Waals surface area contributed by atoms with Gasteiger partial charge in [0.2, 0.25) is 10.0 Å². The molecular weight excluding hydrogens is 368 g/mol. The van der Waals surface area contributed by atoms with Crippen LogP contribution >= 0.6 is 27.5 Å². The standard InChI is InChI=1S/C12H18BrClN2O3S/c1-15-5-3-4-9(8-15)16(2)20(17,18)11-6-10(7-14)19-12(11)13/h6,9H,3-5,7-8H2,1-2H3. The number of piperidine rings is 1. The van der Waals surface area contributed by atoms with Crippen LogP contribution in [0.25, 0.3) is 0 Å². The molecule has 2 heterocycles. The van der Waals surface area contributed by atoms with Gasteiger partial charge in [0.25, 0.3) is 0 Å². The monoisotopic (exact) mass is 384 g/mol. The second-order valence-electron chi connectivity index (χ2n) is 5.06. The number of likely N-dealkylation sites (N-methyl/N-ethyl adjacent to an activating group) is 2. The predicted octanol–water partition coefficient (Wildman–Crippen LogP) is 2.50. The number of alkyl halides is 1. The molecule has 1 atom stereocenters. The van der Waals surface area contributed by atoms with Gasteiger partial charge < -0.3 is 9.32 Å². The van der Waals surface area contributed by atoms with Crippen LogP contribution in [0.1, 0.15) is 18.6 Å². The summed E-state index contributed by atoms with van der Waals surface area (Å²) in [4.78, 5) is 2.29. The Morgan fingerprint density at radius 2 is 2.30 bits per heavy atom. The molecule has 0 radical (unpaired) electrons. The summed E-state index contributed by atoms with van der Waals surface area (Å²) in [6.45, 7) is 1.75. The van der Waals surface area contributed by atoms with Crippen molar-refractivity contribution in [2.75, 3.05) is 27.2 Å². The zero-order chi connectivity index (χ0) is 14.9. The topological polar surface area (TPSA) is 53.8 Å². The molecule has 114 valence electrons. The van der Waals surface area contributed by atoms with Gasteiger partial charge in [0.05, 0.1) is 5.88 Å². The first-order valence-electron chi connectivity index (χ1n) is 6.37. The average Bonchev–Trinajstić information content (AvgIpc) is 2.80. The fraction of sp³-hybridized carbons (Fsp3) is 0.667. The first-order valence-corrected chi connectivity index (χ1v) is 9.13. The Balaban J connectivity index is 2.26. The Labute approximate surface area is 133 Å². The minimum atomic E-state index is -3.57. The lowest BCUT2D eigenvalue weighted by atomic mass is 10.1. The van der Waals surface area contributed by atoms with Crippen LogP contribution in [0.2, 0.25) is 0 Å². The van der Waals surface area contributed by atoms with Gasteiger partial charge in [-0.1, -0.05) is 0 Å². The van der Waals surface area contributed by atoms with Gasteiger partial charge in [0.15, 0.2) is 4.67 Å². The highest BCUT2D eigenvalue weighted by atomic mass is 79.9. The van der Waals surface area contributed by atoms with E-state index in [0.717, 1.165) is 25.9 Å². The molecule has 1 aliphatic heterocycles. The molecular formula is C12H18BrClN2O3S. The van der Waals surface area contributed by atoms with Crippen LogP contribution in [0.3, 0.4) is 0 Å². The molecule has 0 aromatic carbocycles.